The van der Waals surface area contributed by atoms with Crippen molar-refractivity contribution in [1.29, 1.82) is 0 Å². The molecule has 1 aromatic rings. The van der Waals surface area contributed by atoms with Gasteiger partial charge in [0, 0.05) is 11.1 Å². The van der Waals surface area contributed by atoms with Crippen molar-refractivity contribution in [2.75, 3.05) is 0 Å². The minimum Gasteiger partial charge on any atom is -0.444 e. The number of rotatable bonds is 3. The maximum absolute atomic E-state index is 12.2. The summed E-state index contributed by atoms with van der Waals surface area (Å²) in [5.74, 6) is 0.467. The number of fused-ring (bicyclic) bond motifs is 1. The molecule has 5 nitrogen and oxygen atoms in total. The van der Waals surface area contributed by atoms with Crippen LogP contribution < -0.4 is 0 Å². The first kappa shape index (κ1) is 17.2. The second kappa shape index (κ2) is 6.54. The number of ether oxygens (including phenoxy) is 1. The third kappa shape index (κ3) is 3.99. The molecule has 0 fully saturated rings. The van der Waals surface area contributed by atoms with Gasteiger partial charge >= 0.3 is 6.09 Å². The van der Waals surface area contributed by atoms with Crippen molar-refractivity contribution in [2.24, 2.45) is 0 Å². The van der Waals surface area contributed by atoms with Gasteiger partial charge in [0.15, 0.2) is 5.82 Å². The number of nitrogens with zero attached hydrogens (tertiary/aromatic N) is 3. The van der Waals surface area contributed by atoms with Crippen molar-refractivity contribution in [2.45, 2.75) is 39.5 Å². The Morgan fingerprint density at radius 3 is 2.57 bits per heavy atom. The summed E-state index contributed by atoms with van der Waals surface area (Å²) >= 11 is 6.26. The molecule has 122 valence electrons. The van der Waals surface area contributed by atoms with Crippen LogP contribution in [0, 0.1) is 0 Å². The molecule has 0 atom stereocenters. The maximum atomic E-state index is 12.2. The van der Waals surface area contributed by atoms with Crippen molar-refractivity contribution >= 4 is 23.3 Å². The van der Waals surface area contributed by atoms with Crippen LogP contribution in [0.2, 0.25) is 5.15 Å². The Kier molecular flexibility index (Phi) is 4.90. The summed E-state index contributed by atoms with van der Waals surface area (Å²) in [6, 6.07) is 0. The molecule has 1 aliphatic heterocycles. The van der Waals surface area contributed by atoms with E-state index in [2.05, 4.69) is 23.1 Å². The fourth-order valence-electron chi connectivity index (χ4n) is 2.16. The second-order valence-electron chi connectivity index (χ2n) is 6.16. The van der Waals surface area contributed by atoms with Crippen LogP contribution in [0.15, 0.2) is 31.4 Å². The van der Waals surface area contributed by atoms with E-state index < -0.39 is 11.7 Å². The molecule has 6 heteroatoms. The van der Waals surface area contributed by atoms with Gasteiger partial charge in [-0.05, 0) is 20.8 Å². The predicted octanol–water partition coefficient (Wildman–Crippen LogP) is 4.14. The molecular formula is C17H20ClN3O2. The zero-order chi connectivity index (χ0) is 17.2. The molecule has 0 aliphatic carbocycles. The number of hydrogen-bond acceptors (Lipinski definition) is 4. The van der Waals surface area contributed by atoms with Gasteiger partial charge in [0.2, 0.25) is 0 Å². The van der Waals surface area contributed by atoms with Gasteiger partial charge in [0.05, 0.1) is 18.8 Å². The molecule has 0 saturated heterocycles. The summed E-state index contributed by atoms with van der Waals surface area (Å²) in [5.41, 5.74) is 1.65. The van der Waals surface area contributed by atoms with E-state index >= 15 is 0 Å². The van der Waals surface area contributed by atoms with E-state index in [0.717, 1.165) is 16.8 Å². The minimum absolute atomic E-state index is 0.341. The summed E-state index contributed by atoms with van der Waals surface area (Å²) in [4.78, 5) is 22.5. The highest BCUT2D eigenvalue weighted by Gasteiger charge is 2.31. The van der Waals surface area contributed by atoms with Crippen molar-refractivity contribution < 1.29 is 9.53 Å². The van der Waals surface area contributed by atoms with Crippen LogP contribution in [0.5, 0.6) is 0 Å². The molecule has 1 aliphatic rings. The Balaban J connectivity index is 2.28. The molecule has 0 unspecified atom stereocenters. The lowest BCUT2D eigenvalue weighted by Crippen LogP contribution is -2.33. The molecule has 0 bridgehead atoms. The lowest BCUT2D eigenvalue weighted by Gasteiger charge is -2.23. The lowest BCUT2D eigenvalue weighted by molar-refractivity contribution is 0.0240. The first-order valence-electron chi connectivity index (χ1n) is 7.24. The van der Waals surface area contributed by atoms with Gasteiger partial charge in [-0.1, -0.05) is 43.0 Å². The van der Waals surface area contributed by atoms with Crippen molar-refractivity contribution in [3.8, 4) is 0 Å². The largest absolute Gasteiger partial charge is 0.444 e. The van der Waals surface area contributed by atoms with E-state index in [1.807, 2.05) is 20.8 Å². The second-order valence-corrected chi connectivity index (χ2v) is 6.52. The number of allylic oxidation sites excluding steroid dienone is 4. The smallest absolute Gasteiger partial charge is 0.410 e. The van der Waals surface area contributed by atoms with E-state index in [4.69, 9.17) is 16.3 Å². The Morgan fingerprint density at radius 1 is 1.30 bits per heavy atom. The average Bonchev–Trinajstić information content (AvgIpc) is 2.87. The van der Waals surface area contributed by atoms with E-state index in [1.54, 1.807) is 23.1 Å². The summed E-state index contributed by atoms with van der Waals surface area (Å²) in [7, 11) is 0. The lowest BCUT2D eigenvalue weighted by atomic mass is 10.2. The Hall–Kier alpha value is -2.14. The number of carbonyl (C=O) groups is 1. The standard InChI is InChI=1S/C17H20ClN3O2/c1-6-8-11(7-2)15-19-13-10-21(9-12(13)14(18)20-15)16(22)23-17(3,4)5/h6-8H,1-2,9-10H2,3-5H3/b11-8+. The Bertz CT molecular complexity index is 690. The van der Waals surface area contributed by atoms with Crippen molar-refractivity contribution in [3.63, 3.8) is 0 Å². The van der Waals surface area contributed by atoms with Gasteiger partial charge in [-0.2, -0.15) is 0 Å². The minimum atomic E-state index is -0.546. The van der Waals surface area contributed by atoms with Crippen LogP contribution in [0.25, 0.3) is 5.57 Å². The normalized spacial score (nSPS) is 14.4. The third-order valence-corrected chi connectivity index (χ3v) is 3.47. The van der Waals surface area contributed by atoms with Gasteiger partial charge in [0.25, 0.3) is 0 Å². The molecule has 2 rings (SSSR count). The molecule has 1 aromatic heterocycles. The third-order valence-electron chi connectivity index (χ3n) is 3.16. The molecule has 0 radical (unpaired) electrons. The van der Waals surface area contributed by atoms with Crippen LogP contribution in [-0.4, -0.2) is 26.6 Å². The molecule has 23 heavy (non-hydrogen) atoms. The monoisotopic (exact) mass is 333 g/mol. The number of amides is 1. The molecular weight excluding hydrogens is 314 g/mol. The first-order chi connectivity index (χ1) is 10.7. The number of hydrogen-bond donors (Lipinski definition) is 0. The van der Waals surface area contributed by atoms with E-state index in [-0.39, 0.29) is 0 Å². The highest BCUT2D eigenvalue weighted by Crippen LogP contribution is 2.29. The Labute approximate surface area is 141 Å². The summed E-state index contributed by atoms with van der Waals surface area (Å²) in [6.07, 6.45) is 4.64. The van der Waals surface area contributed by atoms with Gasteiger partial charge in [-0.3, -0.25) is 4.90 Å². The fourth-order valence-corrected chi connectivity index (χ4v) is 2.41. The number of carbonyl (C=O) groups excluding carboxylic acids is 1. The molecule has 0 aromatic carbocycles. The summed E-state index contributed by atoms with van der Waals surface area (Å²) < 4.78 is 5.39. The quantitative estimate of drug-likeness (QED) is 0.616. The average molecular weight is 334 g/mol. The SMILES string of the molecule is C=C/C=C(\C=C)c1nc(Cl)c2c(n1)CN(C(=O)OC(C)(C)C)C2. The summed E-state index contributed by atoms with van der Waals surface area (Å²) in [5, 5.41) is 0.341. The molecule has 0 spiro atoms. The van der Waals surface area contributed by atoms with Gasteiger partial charge in [-0.25, -0.2) is 14.8 Å². The van der Waals surface area contributed by atoms with Gasteiger partial charge in [0.1, 0.15) is 10.8 Å². The first-order valence-corrected chi connectivity index (χ1v) is 7.61. The zero-order valence-corrected chi connectivity index (χ0v) is 14.4. The van der Waals surface area contributed by atoms with Crippen LogP contribution in [-0.2, 0) is 17.8 Å². The predicted molar refractivity (Wildman–Crippen MR) is 90.9 cm³/mol. The number of aromatic nitrogens is 2. The van der Waals surface area contributed by atoms with Crippen molar-refractivity contribution in [1.82, 2.24) is 14.9 Å². The topological polar surface area (TPSA) is 55.3 Å². The van der Waals surface area contributed by atoms with Crippen molar-refractivity contribution in [3.05, 3.63) is 53.6 Å². The van der Waals surface area contributed by atoms with Gasteiger partial charge < -0.3 is 4.74 Å². The molecule has 0 N–H and O–H groups in total. The van der Waals surface area contributed by atoms with E-state index in [1.165, 1.54) is 0 Å². The van der Waals surface area contributed by atoms with Crippen LogP contribution in [0.4, 0.5) is 4.79 Å². The van der Waals surface area contributed by atoms with Crippen LogP contribution in [0.1, 0.15) is 37.9 Å². The zero-order valence-electron chi connectivity index (χ0n) is 13.6. The number of halogens is 1. The van der Waals surface area contributed by atoms with E-state index in [9.17, 15) is 4.79 Å². The van der Waals surface area contributed by atoms with Gasteiger partial charge in [-0.15, -0.1) is 0 Å². The van der Waals surface area contributed by atoms with Crippen LogP contribution >= 0.6 is 11.6 Å². The molecule has 1 amide bonds. The molecule has 0 saturated carbocycles. The maximum Gasteiger partial charge on any atom is 0.410 e. The Morgan fingerprint density at radius 2 is 2.00 bits per heavy atom. The fraction of sp³-hybridized carbons (Fsp3) is 0.353. The highest BCUT2D eigenvalue weighted by atomic mass is 35.5. The van der Waals surface area contributed by atoms with E-state index in [0.29, 0.717) is 24.1 Å². The summed E-state index contributed by atoms with van der Waals surface area (Å²) in [6.45, 7) is 13.6. The van der Waals surface area contributed by atoms with Crippen LogP contribution in [0.3, 0.4) is 0 Å². The highest BCUT2D eigenvalue weighted by molar-refractivity contribution is 6.30. The molecule has 2 heterocycles.